The third kappa shape index (κ3) is 6.05. The molecule has 0 radical (unpaired) electrons. The van der Waals surface area contributed by atoms with Crippen LogP contribution in [0.5, 0.6) is 11.5 Å². The van der Waals surface area contributed by atoms with Crippen LogP contribution in [0.15, 0.2) is 88.6 Å². The number of aromatic amines is 1. The van der Waals surface area contributed by atoms with Crippen molar-refractivity contribution in [2.75, 3.05) is 5.32 Å². The number of nitrogens with one attached hydrogen (secondary N) is 3. The van der Waals surface area contributed by atoms with Gasteiger partial charge in [-0.25, -0.2) is 24.1 Å². The zero-order chi connectivity index (χ0) is 24.8. The number of aliphatic imine (C=N–C) groups is 1. The van der Waals surface area contributed by atoms with E-state index >= 15 is 0 Å². The molecule has 176 valence electrons. The maximum Gasteiger partial charge on any atom is 0.324 e. The van der Waals surface area contributed by atoms with Gasteiger partial charge in [-0.15, -0.1) is 0 Å². The van der Waals surface area contributed by atoms with Crippen LogP contribution in [-0.2, 0) is 0 Å². The van der Waals surface area contributed by atoms with Crippen LogP contribution in [0, 0.1) is 5.82 Å². The van der Waals surface area contributed by atoms with Crippen molar-refractivity contribution in [3.63, 3.8) is 0 Å². The fourth-order valence-electron chi connectivity index (χ4n) is 3.02. The average molecular weight is 473 g/mol. The Kier molecular flexibility index (Phi) is 6.77. The maximum atomic E-state index is 14.7. The van der Waals surface area contributed by atoms with Crippen LogP contribution in [0.1, 0.15) is 6.92 Å². The van der Waals surface area contributed by atoms with Gasteiger partial charge < -0.3 is 20.8 Å². The number of carbonyl (C=O) groups excluding carboxylic acids is 1. The number of hydrogen-bond acceptors (Lipinski definition) is 7. The number of carbonyl (C=O) groups is 1. The highest BCUT2D eigenvalue weighted by atomic mass is 19.1. The molecule has 0 bridgehead atoms. The van der Waals surface area contributed by atoms with E-state index < -0.39 is 17.4 Å². The van der Waals surface area contributed by atoms with Crippen molar-refractivity contribution < 1.29 is 13.9 Å². The minimum atomic E-state index is -0.732. The van der Waals surface area contributed by atoms with Crippen molar-refractivity contribution >= 4 is 34.4 Å². The maximum absolute atomic E-state index is 14.7. The molecule has 0 spiro atoms. The van der Waals surface area contributed by atoms with E-state index in [-0.39, 0.29) is 28.7 Å². The first-order valence-electron chi connectivity index (χ1n) is 10.3. The third-order valence-corrected chi connectivity index (χ3v) is 4.47. The van der Waals surface area contributed by atoms with Crippen LogP contribution in [0.2, 0.25) is 0 Å². The molecule has 0 saturated carbocycles. The number of nitrogens with zero attached hydrogens (tertiary/aromatic N) is 3. The van der Waals surface area contributed by atoms with Gasteiger partial charge in [-0.3, -0.25) is 10.1 Å². The Bertz CT molecular complexity index is 1500. The van der Waals surface area contributed by atoms with Gasteiger partial charge in [0, 0.05) is 24.0 Å². The minimum absolute atomic E-state index is 0.0793. The third-order valence-electron chi connectivity index (χ3n) is 4.47. The van der Waals surface area contributed by atoms with E-state index in [1.165, 1.54) is 30.5 Å². The van der Waals surface area contributed by atoms with E-state index in [2.05, 4.69) is 30.6 Å². The monoisotopic (exact) mass is 473 g/mol. The Balaban J connectivity index is 1.49. The summed E-state index contributed by atoms with van der Waals surface area (Å²) in [5.74, 6) is -0.120. The number of ether oxygens (including phenoxy) is 1. The number of halogens is 1. The Labute approximate surface area is 198 Å². The van der Waals surface area contributed by atoms with Crippen LogP contribution in [-0.4, -0.2) is 26.8 Å². The summed E-state index contributed by atoms with van der Waals surface area (Å²) in [5, 5.41) is 4.99. The molecule has 0 unspecified atom stereocenters. The molecule has 0 aliphatic heterocycles. The van der Waals surface area contributed by atoms with E-state index in [0.29, 0.717) is 16.9 Å². The van der Waals surface area contributed by atoms with E-state index in [0.717, 1.165) is 12.3 Å². The Morgan fingerprint density at radius 1 is 1.17 bits per heavy atom. The molecule has 4 aromatic rings. The normalized spacial score (nSPS) is 11.8. The summed E-state index contributed by atoms with van der Waals surface area (Å²) in [6, 6.07) is 13.7. The second-order valence-electron chi connectivity index (χ2n) is 7.30. The SMILES string of the molecule is C/C(N)=C/C(=Nc1ccccc1)NC(=O)Nc1ccc(Oc2ccnc3[nH]c(=O)cnc23)cc1F. The number of amides is 2. The number of hydrogen-bond donors (Lipinski definition) is 4. The second-order valence-corrected chi connectivity index (χ2v) is 7.30. The summed E-state index contributed by atoms with van der Waals surface area (Å²) in [7, 11) is 0. The highest BCUT2D eigenvalue weighted by molar-refractivity contribution is 6.08. The lowest BCUT2D eigenvalue weighted by atomic mass is 10.3. The summed E-state index contributed by atoms with van der Waals surface area (Å²) in [4.78, 5) is 38.8. The number of anilines is 1. The molecule has 0 fully saturated rings. The number of urea groups is 1. The van der Waals surface area contributed by atoms with Crippen LogP contribution in [0.4, 0.5) is 20.6 Å². The molecule has 35 heavy (non-hydrogen) atoms. The number of amidine groups is 1. The highest BCUT2D eigenvalue weighted by Gasteiger charge is 2.12. The summed E-state index contributed by atoms with van der Waals surface area (Å²) < 4.78 is 20.4. The molecule has 2 aromatic heterocycles. The molecular weight excluding hydrogens is 453 g/mol. The van der Waals surface area contributed by atoms with Crippen molar-refractivity contribution in [3.8, 4) is 11.5 Å². The molecule has 0 aliphatic carbocycles. The molecule has 5 N–H and O–H groups in total. The number of H-pyrrole nitrogens is 1. The van der Waals surface area contributed by atoms with Gasteiger partial charge in [0.05, 0.1) is 17.6 Å². The van der Waals surface area contributed by atoms with Crippen LogP contribution >= 0.6 is 0 Å². The summed E-state index contributed by atoms with van der Waals surface area (Å²) in [5.41, 5.74) is 6.82. The molecule has 4 rings (SSSR count). The van der Waals surface area contributed by atoms with Gasteiger partial charge in [0.25, 0.3) is 5.56 Å². The first kappa shape index (κ1) is 23.1. The van der Waals surface area contributed by atoms with Gasteiger partial charge in [0.1, 0.15) is 22.9 Å². The average Bonchev–Trinajstić information content (AvgIpc) is 2.81. The van der Waals surface area contributed by atoms with Gasteiger partial charge in [0.15, 0.2) is 11.4 Å². The fourth-order valence-corrected chi connectivity index (χ4v) is 3.02. The smallest absolute Gasteiger partial charge is 0.324 e. The van der Waals surface area contributed by atoms with Gasteiger partial charge in [-0.1, -0.05) is 18.2 Å². The number of rotatable bonds is 5. The van der Waals surface area contributed by atoms with Crippen LogP contribution in [0.25, 0.3) is 11.2 Å². The molecule has 11 heteroatoms. The van der Waals surface area contributed by atoms with Crippen molar-refractivity contribution in [1.29, 1.82) is 0 Å². The second kappa shape index (κ2) is 10.3. The van der Waals surface area contributed by atoms with Crippen molar-refractivity contribution in [3.05, 3.63) is 94.9 Å². The molecular formula is C24H20FN7O3. The predicted molar refractivity (Wildman–Crippen MR) is 130 cm³/mol. The van der Waals surface area contributed by atoms with Crippen molar-refractivity contribution in [2.24, 2.45) is 10.7 Å². The zero-order valence-electron chi connectivity index (χ0n) is 18.4. The lowest BCUT2D eigenvalue weighted by molar-refractivity contribution is 0.256. The number of aromatic nitrogens is 3. The molecule has 2 heterocycles. The number of allylic oxidation sites excluding steroid dienone is 1. The van der Waals surface area contributed by atoms with Crippen LogP contribution < -0.4 is 26.7 Å². The largest absolute Gasteiger partial charge is 0.455 e. The Hall–Kier alpha value is -5.06. The first-order valence-corrected chi connectivity index (χ1v) is 10.3. The lowest BCUT2D eigenvalue weighted by Gasteiger charge is -2.11. The van der Waals surface area contributed by atoms with Gasteiger partial charge in [0.2, 0.25) is 0 Å². The molecule has 10 nitrogen and oxygen atoms in total. The predicted octanol–water partition coefficient (Wildman–Crippen LogP) is 3.96. The van der Waals surface area contributed by atoms with E-state index in [4.69, 9.17) is 10.5 Å². The first-order chi connectivity index (χ1) is 16.9. The van der Waals surface area contributed by atoms with Crippen molar-refractivity contribution in [1.82, 2.24) is 20.3 Å². The molecule has 0 saturated heterocycles. The zero-order valence-corrected chi connectivity index (χ0v) is 18.4. The van der Waals surface area contributed by atoms with Crippen molar-refractivity contribution in [2.45, 2.75) is 6.92 Å². The summed E-state index contributed by atoms with van der Waals surface area (Å²) in [6.07, 6.45) is 4.01. The lowest BCUT2D eigenvalue weighted by Crippen LogP contribution is -2.34. The van der Waals surface area contributed by atoms with Crippen LogP contribution in [0.3, 0.4) is 0 Å². The van der Waals surface area contributed by atoms with Gasteiger partial charge in [-0.2, -0.15) is 0 Å². The minimum Gasteiger partial charge on any atom is -0.455 e. The Morgan fingerprint density at radius 2 is 1.97 bits per heavy atom. The standard InChI is InChI=1S/C24H20FN7O3/c1-14(26)11-20(29-15-5-3-2-4-6-15)31-24(34)30-18-8-7-16(12-17(18)25)35-19-9-10-27-23-22(19)28-13-21(33)32-23/h2-13H,26H2,1H3,(H,27,32,33)(H2,29,30,31,34)/b14-11-. The molecule has 2 amide bonds. The molecule has 0 aliphatic rings. The number of benzene rings is 2. The number of nitrogens with two attached hydrogens (primary N) is 1. The van der Waals surface area contributed by atoms with E-state index in [9.17, 15) is 14.0 Å². The molecule has 0 atom stereocenters. The van der Waals surface area contributed by atoms with Gasteiger partial charge in [-0.05, 0) is 37.3 Å². The number of fused-ring (bicyclic) bond motifs is 1. The summed E-state index contributed by atoms with van der Waals surface area (Å²) in [6.45, 7) is 1.65. The quantitative estimate of drug-likeness (QED) is 0.255. The fraction of sp³-hybridized carbons (Fsp3) is 0.0417. The number of pyridine rings is 1. The molecule has 2 aromatic carbocycles. The Morgan fingerprint density at radius 3 is 2.71 bits per heavy atom. The van der Waals surface area contributed by atoms with E-state index in [1.54, 1.807) is 31.2 Å². The van der Waals surface area contributed by atoms with Gasteiger partial charge >= 0.3 is 6.03 Å². The summed E-state index contributed by atoms with van der Waals surface area (Å²) >= 11 is 0. The van der Waals surface area contributed by atoms with E-state index in [1.807, 2.05) is 6.07 Å². The topological polar surface area (TPSA) is 147 Å². The number of para-hydroxylation sites is 1. The highest BCUT2D eigenvalue weighted by Crippen LogP contribution is 2.28.